The quantitative estimate of drug-likeness (QED) is 0.585. The summed E-state index contributed by atoms with van der Waals surface area (Å²) in [4.78, 5) is 36.7. The molecule has 0 radical (unpaired) electrons. The summed E-state index contributed by atoms with van der Waals surface area (Å²) >= 11 is 0. The van der Waals surface area contributed by atoms with Gasteiger partial charge in [-0.2, -0.15) is 4.31 Å². The number of hydrogen-bond acceptors (Lipinski definition) is 7. The Kier molecular flexibility index (Phi) is 5.04. The standard InChI is InChI=1S/C17H20N4O7S/c22-15(10-12-16(23)19-17(24)18-12)20-3-5-21(6-4-20)29(25,26)11-1-2-13-14(9-11)28-8-7-27-13/h1-2,9,12H,3-8,10H2,(H2,18,19,23,24). The fourth-order valence-corrected chi connectivity index (χ4v) is 4.86. The molecule has 29 heavy (non-hydrogen) atoms. The molecule has 0 bridgehead atoms. The number of amides is 4. The second kappa shape index (κ2) is 7.52. The highest BCUT2D eigenvalue weighted by Crippen LogP contribution is 2.33. The van der Waals surface area contributed by atoms with E-state index in [1.807, 2.05) is 0 Å². The molecule has 2 saturated heterocycles. The molecule has 2 fully saturated rings. The molecular weight excluding hydrogens is 404 g/mol. The summed E-state index contributed by atoms with van der Waals surface area (Å²) in [6, 6.07) is 2.98. The van der Waals surface area contributed by atoms with E-state index < -0.39 is 28.0 Å². The summed E-state index contributed by atoms with van der Waals surface area (Å²) in [5.41, 5.74) is 0. The van der Waals surface area contributed by atoms with Crippen molar-refractivity contribution in [2.75, 3.05) is 39.4 Å². The third-order valence-electron chi connectivity index (χ3n) is 4.98. The van der Waals surface area contributed by atoms with Gasteiger partial charge < -0.3 is 19.7 Å². The third-order valence-corrected chi connectivity index (χ3v) is 6.87. The lowest BCUT2D eigenvalue weighted by Crippen LogP contribution is -2.51. The van der Waals surface area contributed by atoms with Crippen molar-refractivity contribution in [3.05, 3.63) is 18.2 Å². The molecular formula is C17H20N4O7S. The minimum Gasteiger partial charge on any atom is -0.486 e. The van der Waals surface area contributed by atoms with Crippen LogP contribution < -0.4 is 20.1 Å². The predicted octanol–water partition coefficient (Wildman–Crippen LogP) is -1.11. The Hall–Kier alpha value is -2.86. The van der Waals surface area contributed by atoms with E-state index in [0.29, 0.717) is 24.7 Å². The summed E-state index contributed by atoms with van der Waals surface area (Å²) < 4.78 is 38.0. The molecule has 3 heterocycles. The number of carbonyl (C=O) groups excluding carboxylic acids is 3. The fourth-order valence-electron chi connectivity index (χ4n) is 3.42. The number of fused-ring (bicyclic) bond motifs is 1. The smallest absolute Gasteiger partial charge is 0.322 e. The van der Waals surface area contributed by atoms with Crippen LogP contribution in [0.25, 0.3) is 0 Å². The van der Waals surface area contributed by atoms with Gasteiger partial charge in [0.2, 0.25) is 15.9 Å². The Bertz CT molecular complexity index is 957. The van der Waals surface area contributed by atoms with E-state index in [2.05, 4.69) is 10.6 Å². The van der Waals surface area contributed by atoms with E-state index in [4.69, 9.17) is 9.47 Å². The Morgan fingerprint density at radius 1 is 1.07 bits per heavy atom. The molecule has 1 aromatic rings. The van der Waals surface area contributed by atoms with Crippen molar-refractivity contribution in [1.82, 2.24) is 19.8 Å². The van der Waals surface area contributed by atoms with Gasteiger partial charge in [0.15, 0.2) is 11.5 Å². The third kappa shape index (κ3) is 3.85. The molecule has 156 valence electrons. The number of carbonyl (C=O) groups is 3. The zero-order valence-electron chi connectivity index (χ0n) is 15.4. The van der Waals surface area contributed by atoms with Crippen LogP contribution in [-0.2, 0) is 19.6 Å². The Morgan fingerprint density at radius 3 is 2.41 bits per heavy atom. The first-order valence-corrected chi connectivity index (χ1v) is 10.6. The molecule has 0 aromatic heterocycles. The zero-order valence-corrected chi connectivity index (χ0v) is 16.2. The van der Waals surface area contributed by atoms with Gasteiger partial charge in [0, 0.05) is 32.2 Å². The fraction of sp³-hybridized carbons (Fsp3) is 0.471. The van der Waals surface area contributed by atoms with Crippen molar-refractivity contribution in [1.29, 1.82) is 0 Å². The van der Waals surface area contributed by atoms with Crippen molar-refractivity contribution < 1.29 is 32.3 Å². The first-order chi connectivity index (χ1) is 13.8. The average molecular weight is 424 g/mol. The van der Waals surface area contributed by atoms with E-state index >= 15 is 0 Å². The number of piperazine rings is 1. The van der Waals surface area contributed by atoms with Crippen molar-refractivity contribution in [2.45, 2.75) is 17.4 Å². The molecule has 11 nitrogen and oxygen atoms in total. The summed E-state index contributed by atoms with van der Waals surface area (Å²) in [5, 5.41) is 4.45. The van der Waals surface area contributed by atoms with Gasteiger partial charge in [-0.1, -0.05) is 0 Å². The lowest BCUT2D eigenvalue weighted by Gasteiger charge is -2.34. The second-order valence-electron chi connectivity index (χ2n) is 6.81. The van der Waals surface area contributed by atoms with Gasteiger partial charge in [0.25, 0.3) is 5.91 Å². The number of benzene rings is 1. The molecule has 0 aliphatic carbocycles. The largest absolute Gasteiger partial charge is 0.486 e. The number of sulfonamides is 1. The number of ether oxygens (including phenoxy) is 2. The molecule has 1 unspecified atom stereocenters. The van der Waals surface area contributed by atoms with Crippen molar-refractivity contribution in [3.63, 3.8) is 0 Å². The first kappa shape index (κ1) is 19.5. The topological polar surface area (TPSA) is 134 Å². The molecule has 3 aliphatic rings. The van der Waals surface area contributed by atoms with Crippen LogP contribution in [0.3, 0.4) is 0 Å². The normalized spacial score (nSPS) is 22.2. The van der Waals surface area contributed by atoms with Gasteiger partial charge >= 0.3 is 6.03 Å². The Balaban J connectivity index is 1.38. The SMILES string of the molecule is O=C1NC(=O)C(CC(=O)N2CCN(S(=O)(=O)c3ccc4c(c3)OCCO4)CC2)N1. The van der Waals surface area contributed by atoms with Gasteiger partial charge in [-0.15, -0.1) is 0 Å². The van der Waals surface area contributed by atoms with E-state index in [0.717, 1.165) is 0 Å². The number of urea groups is 1. The van der Waals surface area contributed by atoms with Crippen LogP contribution in [0.5, 0.6) is 11.5 Å². The molecule has 4 amide bonds. The maximum absolute atomic E-state index is 12.9. The summed E-state index contributed by atoms with van der Waals surface area (Å²) in [6.07, 6.45) is -0.160. The van der Waals surface area contributed by atoms with Gasteiger partial charge in [-0.05, 0) is 12.1 Å². The number of imide groups is 1. The van der Waals surface area contributed by atoms with Gasteiger partial charge in [-0.25, -0.2) is 13.2 Å². The highest BCUT2D eigenvalue weighted by Gasteiger charge is 2.35. The number of nitrogens with zero attached hydrogens (tertiary/aromatic N) is 2. The van der Waals surface area contributed by atoms with E-state index in [9.17, 15) is 22.8 Å². The maximum Gasteiger partial charge on any atom is 0.322 e. The zero-order chi connectivity index (χ0) is 20.6. The second-order valence-corrected chi connectivity index (χ2v) is 8.75. The minimum atomic E-state index is -3.74. The molecule has 1 aromatic carbocycles. The molecule has 12 heteroatoms. The molecule has 2 N–H and O–H groups in total. The number of nitrogens with one attached hydrogen (secondary N) is 2. The monoisotopic (exact) mass is 424 g/mol. The summed E-state index contributed by atoms with van der Waals surface area (Å²) in [7, 11) is -3.74. The highest BCUT2D eigenvalue weighted by molar-refractivity contribution is 7.89. The van der Waals surface area contributed by atoms with E-state index in [1.165, 1.54) is 21.3 Å². The highest BCUT2D eigenvalue weighted by atomic mass is 32.2. The van der Waals surface area contributed by atoms with E-state index in [-0.39, 0.29) is 43.4 Å². The first-order valence-electron chi connectivity index (χ1n) is 9.13. The van der Waals surface area contributed by atoms with Crippen molar-refractivity contribution in [3.8, 4) is 11.5 Å². The van der Waals surface area contributed by atoms with Crippen LogP contribution in [-0.4, -0.2) is 80.9 Å². The average Bonchev–Trinajstić information content (AvgIpc) is 3.04. The maximum atomic E-state index is 12.9. The number of rotatable bonds is 4. The molecule has 0 saturated carbocycles. The van der Waals surface area contributed by atoms with Gasteiger partial charge in [0.05, 0.1) is 11.3 Å². The van der Waals surface area contributed by atoms with Gasteiger partial charge in [0.1, 0.15) is 19.3 Å². The molecule has 1 atom stereocenters. The predicted molar refractivity (Wildman–Crippen MR) is 97.9 cm³/mol. The lowest BCUT2D eigenvalue weighted by molar-refractivity contribution is -0.134. The van der Waals surface area contributed by atoms with Crippen LogP contribution in [0.4, 0.5) is 4.79 Å². The van der Waals surface area contributed by atoms with Crippen LogP contribution in [0.15, 0.2) is 23.1 Å². The Morgan fingerprint density at radius 2 is 1.76 bits per heavy atom. The van der Waals surface area contributed by atoms with Crippen molar-refractivity contribution >= 4 is 27.9 Å². The minimum absolute atomic E-state index is 0.104. The summed E-state index contributed by atoms with van der Waals surface area (Å²) in [5.74, 6) is 0.0450. The van der Waals surface area contributed by atoms with E-state index in [1.54, 1.807) is 6.07 Å². The van der Waals surface area contributed by atoms with Crippen LogP contribution in [0, 0.1) is 0 Å². The van der Waals surface area contributed by atoms with Crippen molar-refractivity contribution in [2.24, 2.45) is 0 Å². The van der Waals surface area contributed by atoms with Crippen LogP contribution >= 0.6 is 0 Å². The number of hydrogen-bond donors (Lipinski definition) is 2. The van der Waals surface area contributed by atoms with Crippen LogP contribution in [0.1, 0.15) is 6.42 Å². The summed E-state index contributed by atoms with van der Waals surface area (Å²) in [6.45, 7) is 1.44. The molecule has 3 aliphatic heterocycles. The van der Waals surface area contributed by atoms with Gasteiger partial charge in [-0.3, -0.25) is 14.9 Å². The van der Waals surface area contributed by atoms with Crippen LogP contribution in [0.2, 0.25) is 0 Å². The lowest BCUT2D eigenvalue weighted by atomic mass is 10.2. The molecule has 0 spiro atoms. The Labute approximate surface area is 167 Å². The molecule has 4 rings (SSSR count).